The molecule has 5 heterocycles. The lowest BCUT2D eigenvalue weighted by Crippen LogP contribution is -2.63. The molecule has 8 rings (SSSR count). The molecule has 3 aromatic rings. The van der Waals surface area contributed by atoms with Gasteiger partial charge in [-0.25, -0.2) is 19.9 Å². The SMILES string of the molecule is COC1=CC=CC(N)(C(=O)NC2(CCO)CCC3(CCN(C(=O)C4CCN(c5ccc(C6CCC(=O)NC6=O)c(OC)c5)CC4)CC3)C(c3ncc4nccnc4n3)C2)C1. The first-order valence-electron chi connectivity index (χ1n) is 21.1. The number of methoxy groups -OCH3 is 2. The standard InChI is InChI=1S/C44H55N9O7/c1-59-30-4-3-11-44(45,25-30)41(58)51-43(16-23-54)13-12-42(33(26-43)37-48-27-34-38(50-37)47-18-17-46-34)14-21-53(22-15-42)40(57)28-9-19-52(20-10-28)29-5-6-31(35(24-29)60-2)32-7-8-36(55)49-39(32)56/h3-6,11,17-18,24,27-28,32-33,54H,7-10,12-16,19-23,25-26,45H2,1-2H3,(H,51,58)(H,49,55,56). The molecule has 5 aliphatic rings. The largest absolute Gasteiger partial charge is 0.501 e. The van der Waals surface area contributed by atoms with Crippen molar-refractivity contribution >= 4 is 40.5 Å². The van der Waals surface area contributed by atoms with Crippen LogP contribution in [0.1, 0.15) is 93.9 Å². The van der Waals surface area contributed by atoms with Crippen molar-refractivity contribution < 1.29 is 33.8 Å². The van der Waals surface area contributed by atoms with E-state index < -0.39 is 17.0 Å². The Hall–Kier alpha value is -5.48. The van der Waals surface area contributed by atoms with Gasteiger partial charge >= 0.3 is 0 Å². The third-order valence-electron chi connectivity index (χ3n) is 13.9. The molecule has 2 aromatic heterocycles. The van der Waals surface area contributed by atoms with Gasteiger partial charge in [-0.05, 0) is 75.3 Å². The van der Waals surface area contributed by atoms with Crippen LogP contribution < -0.4 is 26.0 Å². The average molecular weight is 822 g/mol. The van der Waals surface area contributed by atoms with Gasteiger partial charge in [0, 0.05) is 92.7 Å². The number of anilines is 1. The lowest BCUT2D eigenvalue weighted by Gasteiger charge is -2.54. The summed E-state index contributed by atoms with van der Waals surface area (Å²) >= 11 is 0. The molecule has 0 bridgehead atoms. The number of imide groups is 1. The van der Waals surface area contributed by atoms with E-state index in [9.17, 15) is 24.3 Å². The van der Waals surface area contributed by atoms with Crippen LogP contribution >= 0.6 is 0 Å². The maximum Gasteiger partial charge on any atom is 0.244 e. The van der Waals surface area contributed by atoms with Gasteiger partial charge in [-0.1, -0.05) is 18.2 Å². The predicted octanol–water partition coefficient (Wildman–Crippen LogP) is 3.17. The summed E-state index contributed by atoms with van der Waals surface area (Å²) in [5.41, 5.74) is 7.18. The highest BCUT2D eigenvalue weighted by Crippen LogP contribution is 2.56. The Morgan fingerprint density at radius 2 is 1.78 bits per heavy atom. The minimum Gasteiger partial charge on any atom is -0.501 e. The van der Waals surface area contributed by atoms with Gasteiger partial charge in [0.1, 0.15) is 22.6 Å². The number of rotatable bonds is 10. The van der Waals surface area contributed by atoms with Crippen molar-refractivity contribution in [3.05, 3.63) is 72.2 Å². The molecular formula is C44H55N9O7. The fourth-order valence-corrected chi connectivity index (χ4v) is 10.3. The van der Waals surface area contributed by atoms with E-state index in [1.165, 1.54) is 0 Å². The van der Waals surface area contributed by atoms with Crippen LogP contribution in [0.4, 0.5) is 5.69 Å². The number of amides is 4. The number of carbonyl (C=O) groups excluding carboxylic acids is 4. The summed E-state index contributed by atoms with van der Waals surface area (Å²) in [7, 11) is 3.15. The molecule has 1 spiro atoms. The van der Waals surface area contributed by atoms with Crippen LogP contribution in [-0.2, 0) is 23.9 Å². The molecule has 0 radical (unpaired) electrons. The molecule has 60 heavy (non-hydrogen) atoms. The molecule has 1 saturated carbocycles. The highest BCUT2D eigenvalue weighted by atomic mass is 16.5. The molecule has 4 amide bonds. The second kappa shape index (κ2) is 16.9. The predicted molar refractivity (Wildman–Crippen MR) is 221 cm³/mol. The lowest BCUT2D eigenvalue weighted by molar-refractivity contribution is -0.140. The Labute approximate surface area is 349 Å². The normalized spacial score (nSPS) is 27.0. The van der Waals surface area contributed by atoms with E-state index >= 15 is 0 Å². The zero-order chi connectivity index (χ0) is 42.1. The van der Waals surface area contributed by atoms with Crippen molar-refractivity contribution in [1.82, 2.24) is 35.5 Å². The van der Waals surface area contributed by atoms with Gasteiger partial charge in [-0.2, -0.15) is 0 Å². The third kappa shape index (κ3) is 8.06. The number of nitrogens with one attached hydrogen (secondary N) is 2. The molecule has 318 valence electrons. The first kappa shape index (κ1) is 41.3. The smallest absolute Gasteiger partial charge is 0.244 e. The molecule has 5 N–H and O–H groups in total. The number of likely N-dealkylation sites (tertiary alicyclic amines) is 1. The lowest BCUT2D eigenvalue weighted by atomic mass is 9.56. The van der Waals surface area contributed by atoms with Gasteiger partial charge in [0.2, 0.25) is 23.6 Å². The van der Waals surface area contributed by atoms with Crippen LogP contribution in [-0.4, -0.2) is 112 Å². The minimum absolute atomic E-state index is 0.0946. The van der Waals surface area contributed by atoms with Crippen molar-refractivity contribution in [2.24, 2.45) is 17.1 Å². The quantitative estimate of drug-likeness (QED) is 0.217. The van der Waals surface area contributed by atoms with Crippen LogP contribution in [0.3, 0.4) is 0 Å². The molecule has 4 fully saturated rings. The maximum atomic E-state index is 14.2. The van der Waals surface area contributed by atoms with E-state index in [1.807, 2.05) is 23.1 Å². The number of nitrogens with zero attached hydrogens (tertiary/aromatic N) is 6. The summed E-state index contributed by atoms with van der Waals surface area (Å²) < 4.78 is 11.1. The highest BCUT2D eigenvalue weighted by molar-refractivity contribution is 6.01. The minimum atomic E-state index is -1.31. The summed E-state index contributed by atoms with van der Waals surface area (Å²) in [5.74, 6) is 0.420. The van der Waals surface area contributed by atoms with Crippen LogP contribution in [0.15, 0.2) is 60.8 Å². The number of benzene rings is 1. The Morgan fingerprint density at radius 1 is 1.00 bits per heavy atom. The molecule has 4 unspecified atom stereocenters. The number of nitrogens with two attached hydrogens (primary N) is 1. The van der Waals surface area contributed by atoms with Crippen molar-refractivity contribution in [3.63, 3.8) is 0 Å². The van der Waals surface area contributed by atoms with Crippen LogP contribution in [0.5, 0.6) is 5.75 Å². The van der Waals surface area contributed by atoms with Gasteiger partial charge < -0.3 is 35.4 Å². The summed E-state index contributed by atoms with van der Waals surface area (Å²) in [6.07, 6.45) is 16.2. The van der Waals surface area contributed by atoms with E-state index in [-0.39, 0.29) is 53.9 Å². The highest BCUT2D eigenvalue weighted by Gasteiger charge is 2.54. The first-order valence-corrected chi connectivity index (χ1v) is 21.1. The van der Waals surface area contributed by atoms with Crippen molar-refractivity contribution in [1.29, 1.82) is 0 Å². The topological polar surface area (TPSA) is 215 Å². The zero-order valence-electron chi connectivity index (χ0n) is 34.4. The Balaban J connectivity index is 0.954. The molecule has 1 aromatic carbocycles. The molecule has 3 aliphatic heterocycles. The monoisotopic (exact) mass is 821 g/mol. The second-order valence-electron chi connectivity index (χ2n) is 17.3. The van der Waals surface area contributed by atoms with Crippen molar-refractivity contribution in [3.8, 4) is 5.75 Å². The number of aliphatic hydroxyl groups excluding tert-OH is 1. The van der Waals surface area contributed by atoms with E-state index in [0.717, 1.165) is 43.4 Å². The Morgan fingerprint density at radius 3 is 2.52 bits per heavy atom. The molecule has 3 saturated heterocycles. The first-order chi connectivity index (χ1) is 29.0. The Kier molecular flexibility index (Phi) is 11.6. The van der Waals surface area contributed by atoms with Crippen molar-refractivity contribution in [2.45, 2.75) is 93.5 Å². The zero-order valence-corrected chi connectivity index (χ0v) is 34.4. The number of hydrogen-bond donors (Lipinski definition) is 4. The van der Waals surface area contributed by atoms with Gasteiger partial charge in [0.05, 0.1) is 32.1 Å². The fraction of sp³-hybridized carbons (Fsp3) is 0.545. The molecule has 16 nitrogen and oxygen atoms in total. The summed E-state index contributed by atoms with van der Waals surface area (Å²) in [5, 5.41) is 16.2. The molecular weight excluding hydrogens is 767 g/mol. The van der Waals surface area contributed by atoms with Gasteiger partial charge in [0.25, 0.3) is 0 Å². The van der Waals surface area contributed by atoms with E-state index in [2.05, 4.69) is 25.5 Å². The number of ether oxygens (including phenoxy) is 2. The second-order valence-corrected chi connectivity index (χ2v) is 17.3. The van der Waals surface area contributed by atoms with E-state index in [1.54, 1.807) is 51.0 Å². The number of fused-ring (bicyclic) bond motifs is 1. The van der Waals surface area contributed by atoms with Crippen LogP contribution in [0, 0.1) is 11.3 Å². The number of piperidine rings is 3. The number of aromatic nitrogens is 4. The van der Waals surface area contributed by atoms with Crippen molar-refractivity contribution in [2.75, 3.05) is 51.9 Å². The van der Waals surface area contributed by atoms with Gasteiger partial charge in [-0.3, -0.25) is 24.5 Å². The maximum absolute atomic E-state index is 14.2. The van der Waals surface area contributed by atoms with Crippen LogP contribution in [0.2, 0.25) is 0 Å². The average Bonchev–Trinajstić information content (AvgIpc) is 3.27. The number of aliphatic hydroxyl groups is 1. The summed E-state index contributed by atoms with van der Waals surface area (Å²) in [6, 6.07) is 5.87. The van der Waals surface area contributed by atoms with Gasteiger partial charge in [-0.15, -0.1) is 0 Å². The number of allylic oxidation sites excluding steroid dienone is 2. The van der Waals surface area contributed by atoms with Gasteiger partial charge in [0.15, 0.2) is 5.65 Å². The van der Waals surface area contributed by atoms with E-state index in [4.69, 9.17) is 25.2 Å². The molecule has 4 atom stereocenters. The van der Waals surface area contributed by atoms with Crippen LogP contribution in [0.25, 0.3) is 11.2 Å². The fourth-order valence-electron chi connectivity index (χ4n) is 10.3. The Bertz CT molecular complexity index is 2200. The third-order valence-corrected chi connectivity index (χ3v) is 13.9. The van der Waals surface area contributed by atoms with E-state index in [0.29, 0.717) is 86.8 Å². The molecule has 2 aliphatic carbocycles. The molecule has 16 heteroatoms. The summed E-state index contributed by atoms with van der Waals surface area (Å²) in [6.45, 7) is 2.50. The number of hydrogen-bond acceptors (Lipinski definition) is 13. The summed E-state index contributed by atoms with van der Waals surface area (Å²) in [4.78, 5) is 75.4. The number of carbonyl (C=O) groups is 4.